The van der Waals surface area contributed by atoms with E-state index in [-0.39, 0.29) is 35.8 Å². The van der Waals surface area contributed by atoms with Crippen molar-refractivity contribution in [3.05, 3.63) is 124 Å². The fourth-order valence-corrected chi connectivity index (χ4v) is 8.99. The summed E-state index contributed by atoms with van der Waals surface area (Å²) in [6, 6.07) is 23.1. The van der Waals surface area contributed by atoms with Crippen molar-refractivity contribution < 1.29 is 19.4 Å². The Morgan fingerprint density at radius 1 is 0.945 bits per heavy atom. The van der Waals surface area contributed by atoms with Crippen molar-refractivity contribution in [3.8, 4) is 22.0 Å². The lowest BCUT2D eigenvalue weighted by atomic mass is 9.79. The fourth-order valence-electron chi connectivity index (χ4n) is 7.97. The van der Waals surface area contributed by atoms with E-state index in [1.165, 1.54) is 22.2 Å². The van der Waals surface area contributed by atoms with Gasteiger partial charge in [-0.1, -0.05) is 42.5 Å². The number of hydrogen-bond donors (Lipinski definition) is 1. The van der Waals surface area contributed by atoms with Gasteiger partial charge in [0.15, 0.2) is 5.65 Å². The molecule has 2 aliphatic rings. The number of carbonyl (C=O) groups excluding carboxylic acids is 2. The molecular formula is C42H43N7O5S. The number of likely N-dealkylation sites (tertiary alicyclic amines) is 2. The van der Waals surface area contributed by atoms with Crippen molar-refractivity contribution in [2.24, 2.45) is 5.92 Å². The standard InChI is InChI=1S/C42H43N7O5S/c1-27-13-14-30(23-43-27)38-45-28(2)36(55-38)41(52)47-19-15-31(33(24-47)29-9-5-4-6-10-29)39(50)46-21-17-42(53,18-22-46)25-48-26-44-37-32(40(48)51)16-20-49(37)34-11-7-8-12-35(34)54-3/h4-14,16,20,23,26,31,33,53H,15,17-19,21-22,24-25H2,1-3H3/t31-,33+/m1/s1. The predicted octanol–water partition coefficient (Wildman–Crippen LogP) is 5.63. The lowest BCUT2D eigenvalue weighted by Gasteiger charge is -2.43. The molecule has 2 atom stereocenters. The van der Waals surface area contributed by atoms with Crippen molar-refractivity contribution in [1.82, 2.24) is 33.9 Å². The van der Waals surface area contributed by atoms with E-state index >= 15 is 0 Å². The summed E-state index contributed by atoms with van der Waals surface area (Å²) in [4.78, 5) is 60.0. The Balaban J connectivity index is 0.954. The number of hydrogen-bond acceptors (Lipinski definition) is 9. The van der Waals surface area contributed by atoms with Crippen LogP contribution in [0.15, 0.2) is 96.3 Å². The van der Waals surface area contributed by atoms with Gasteiger partial charge in [-0.15, -0.1) is 11.3 Å². The van der Waals surface area contributed by atoms with Gasteiger partial charge in [0.2, 0.25) is 5.91 Å². The molecule has 2 amide bonds. The van der Waals surface area contributed by atoms with Crippen LogP contribution in [0.5, 0.6) is 5.75 Å². The molecule has 12 nitrogen and oxygen atoms in total. The summed E-state index contributed by atoms with van der Waals surface area (Å²) in [5, 5.41) is 12.9. The molecule has 1 N–H and O–H groups in total. The van der Waals surface area contributed by atoms with Gasteiger partial charge >= 0.3 is 0 Å². The average Bonchev–Trinajstić information content (AvgIpc) is 3.83. The van der Waals surface area contributed by atoms with Crippen molar-refractivity contribution in [2.45, 2.75) is 51.2 Å². The van der Waals surface area contributed by atoms with Gasteiger partial charge in [0.05, 0.1) is 36.0 Å². The van der Waals surface area contributed by atoms with Crippen LogP contribution in [0, 0.1) is 19.8 Å². The normalized spacial score (nSPS) is 18.4. The second kappa shape index (κ2) is 14.9. The first-order chi connectivity index (χ1) is 26.6. The highest BCUT2D eigenvalue weighted by molar-refractivity contribution is 7.17. The summed E-state index contributed by atoms with van der Waals surface area (Å²) in [5.41, 5.74) is 3.34. The van der Waals surface area contributed by atoms with Crippen LogP contribution in [0.3, 0.4) is 0 Å². The molecule has 2 saturated heterocycles. The van der Waals surface area contributed by atoms with Gasteiger partial charge in [-0.05, 0) is 69.0 Å². The Morgan fingerprint density at radius 3 is 2.45 bits per heavy atom. The zero-order valence-corrected chi connectivity index (χ0v) is 31.9. The van der Waals surface area contributed by atoms with Crippen molar-refractivity contribution in [3.63, 3.8) is 0 Å². The molecule has 6 aromatic rings. The molecule has 55 heavy (non-hydrogen) atoms. The average molecular weight is 758 g/mol. The Kier molecular flexibility index (Phi) is 9.82. The number of ether oxygens (including phenoxy) is 1. The van der Waals surface area contributed by atoms with Crippen LogP contribution in [-0.4, -0.2) is 89.7 Å². The van der Waals surface area contributed by atoms with Crippen LogP contribution >= 0.6 is 11.3 Å². The minimum absolute atomic E-state index is 0.0315. The first-order valence-electron chi connectivity index (χ1n) is 18.6. The second-order valence-electron chi connectivity index (χ2n) is 14.6. The van der Waals surface area contributed by atoms with E-state index in [4.69, 9.17) is 9.72 Å². The molecule has 2 fully saturated rings. The van der Waals surface area contributed by atoms with Crippen LogP contribution in [-0.2, 0) is 11.3 Å². The Bertz CT molecular complexity index is 2410. The smallest absolute Gasteiger partial charge is 0.265 e. The zero-order valence-electron chi connectivity index (χ0n) is 31.1. The SMILES string of the molecule is COc1ccccc1-n1ccc2c(=O)n(CC3(O)CCN(C(=O)[C@@H]4CCN(C(=O)c5sc(-c6ccc(C)nc6)nc5C)C[C@H]4c4ccccc4)CC3)cnc21. The highest BCUT2D eigenvalue weighted by Gasteiger charge is 2.42. The topological polar surface area (TPSA) is 136 Å². The Morgan fingerprint density at radius 2 is 1.71 bits per heavy atom. The lowest BCUT2D eigenvalue weighted by molar-refractivity contribution is -0.142. The van der Waals surface area contributed by atoms with E-state index in [2.05, 4.69) is 9.97 Å². The molecule has 0 spiro atoms. The number of fused-ring (bicyclic) bond motifs is 1. The van der Waals surface area contributed by atoms with Gasteiger partial charge in [-0.2, -0.15) is 0 Å². The van der Waals surface area contributed by atoms with Gasteiger partial charge in [-0.3, -0.25) is 28.5 Å². The van der Waals surface area contributed by atoms with Crippen LogP contribution < -0.4 is 10.3 Å². The molecule has 8 rings (SSSR count). The maximum Gasteiger partial charge on any atom is 0.265 e. The fraction of sp³-hybridized carbons (Fsp3) is 0.333. The number of amides is 2. The van der Waals surface area contributed by atoms with Crippen molar-refractivity contribution in [1.29, 1.82) is 0 Å². The van der Waals surface area contributed by atoms with E-state index in [9.17, 15) is 19.5 Å². The molecule has 2 aliphatic heterocycles. The van der Waals surface area contributed by atoms with Crippen LogP contribution in [0.4, 0.5) is 0 Å². The number of thiazole rings is 1. The van der Waals surface area contributed by atoms with Crippen LogP contribution in [0.2, 0.25) is 0 Å². The number of aliphatic hydroxyl groups is 1. The van der Waals surface area contributed by atoms with E-state index < -0.39 is 5.60 Å². The van der Waals surface area contributed by atoms with Crippen LogP contribution in [0.25, 0.3) is 27.3 Å². The van der Waals surface area contributed by atoms with Gasteiger partial charge in [0, 0.05) is 61.7 Å². The van der Waals surface area contributed by atoms with Gasteiger partial charge < -0.3 is 19.6 Å². The third-order valence-corrected chi connectivity index (χ3v) is 12.3. The summed E-state index contributed by atoms with van der Waals surface area (Å²) < 4.78 is 8.81. The van der Waals surface area contributed by atoms with Gasteiger partial charge in [0.1, 0.15) is 22.0 Å². The summed E-state index contributed by atoms with van der Waals surface area (Å²) in [5.74, 6) is 0.101. The first kappa shape index (κ1) is 36.3. The molecule has 0 bridgehead atoms. The third kappa shape index (κ3) is 7.05. The first-order valence-corrected chi connectivity index (χ1v) is 19.4. The number of aromatic nitrogens is 5. The Hall–Kier alpha value is -5.66. The summed E-state index contributed by atoms with van der Waals surface area (Å²) in [7, 11) is 1.60. The van der Waals surface area contributed by atoms with Crippen molar-refractivity contribution >= 4 is 34.2 Å². The maximum absolute atomic E-state index is 14.3. The number of piperidine rings is 2. The molecule has 0 radical (unpaired) electrons. The summed E-state index contributed by atoms with van der Waals surface area (Å²) >= 11 is 1.38. The van der Waals surface area contributed by atoms with E-state index in [0.717, 1.165) is 27.5 Å². The number of pyridine rings is 1. The Labute approximate surface area is 322 Å². The molecular weight excluding hydrogens is 715 g/mol. The summed E-state index contributed by atoms with van der Waals surface area (Å²) in [6.45, 7) is 5.45. The monoisotopic (exact) mass is 757 g/mol. The quantitative estimate of drug-likeness (QED) is 0.211. The molecule has 0 aliphatic carbocycles. The molecule has 6 heterocycles. The minimum Gasteiger partial charge on any atom is -0.495 e. The van der Waals surface area contributed by atoms with E-state index in [1.54, 1.807) is 25.6 Å². The minimum atomic E-state index is -1.18. The molecule has 282 valence electrons. The number of carbonyl (C=O) groups is 2. The molecule has 13 heteroatoms. The van der Waals surface area contributed by atoms with Gasteiger partial charge in [0.25, 0.3) is 11.5 Å². The highest BCUT2D eigenvalue weighted by Crippen LogP contribution is 2.37. The lowest BCUT2D eigenvalue weighted by Crippen LogP contribution is -2.53. The predicted molar refractivity (Wildman–Crippen MR) is 211 cm³/mol. The van der Waals surface area contributed by atoms with E-state index in [1.807, 2.05) is 94.9 Å². The number of para-hydroxylation sites is 2. The molecule has 0 saturated carbocycles. The van der Waals surface area contributed by atoms with Gasteiger partial charge in [-0.25, -0.2) is 9.97 Å². The van der Waals surface area contributed by atoms with Crippen molar-refractivity contribution in [2.75, 3.05) is 33.3 Å². The number of rotatable bonds is 8. The third-order valence-electron chi connectivity index (χ3n) is 11.1. The van der Waals surface area contributed by atoms with Crippen LogP contribution in [0.1, 0.15) is 51.8 Å². The molecule has 0 unspecified atom stereocenters. The highest BCUT2D eigenvalue weighted by atomic mass is 32.1. The molecule has 4 aromatic heterocycles. The number of benzene rings is 2. The number of nitrogens with zero attached hydrogens (tertiary/aromatic N) is 7. The van der Waals surface area contributed by atoms with E-state index in [0.29, 0.717) is 72.8 Å². The summed E-state index contributed by atoms with van der Waals surface area (Å²) in [6.07, 6.45) is 6.23. The maximum atomic E-state index is 14.3. The zero-order chi connectivity index (χ0) is 38.3. The molecule has 2 aromatic carbocycles. The number of methoxy groups -OCH3 is 1. The largest absolute Gasteiger partial charge is 0.495 e. The number of aryl methyl sites for hydroxylation is 2. The second-order valence-corrected chi connectivity index (χ2v) is 15.6.